The number of carbonyl (C=O) groups excluding carboxylic acids is 1. The average molecular weight is 266 g/mol. The van der Waals surface area contributed by atoms with E-state index in [2.05, 4.69) is 24.1 Å². The van der Waals surface area contributed by atoms with Gasteiger partial charge in [-0.15, -0.1) is 0 Å². The third kappa shape index (κ3) is 3.71. The molecule has 2 unspecified atom stereocenters. The molecule has 2 aliphatic heterocycles. The van der Waals surface area contributed by atoms with Gasteiger partial charge in [0.25, 0.3) is 0 Å². The normalized spacial score (nSPS) is 32.9. The summed E-state index contributed by atoms with van der Waals surface area (Å²) in [7, 11) is 0. The lowest BCUT2D eigenvalue weighted by Gasteiger charge is -2.37. The lowest BCUT2D eigenvalue weighted by molar-refractivity contribution is -0.142. The van der Waals surface area contributed by atoms with Crippen LogP contribution in [0.25, 0.3) is 0 Å². The smallest absolute Gasteiger partial charge is 0.229 e. The van der Waals surface area contributed by atoms with E-state index in [9.17, 15) is 4.79 Å². The van der Waals surface area contributed by atoms with Gasteiger partial charge in [0, 0.05) is 19.6 Å². The minimum absolute atomic E-state index is 0.150. The minimum Gasteiger partial charge on any atom is -0.342 e. The Morgan fingerprint density at radius 3 is 2.84 bits per heavy atom. The molecule has 0 spiro atoms. The summed E-state index contributed by atoms with van der Waals surface area (Å²) in [6.07, 6.45) is 8.51. The van der Waals surface area contributed by atoms with Crippen LogP contribution in [0.1, 0.15) is 58.8 Å². The second-order valence-corrected chi connectivity index (χ2v) is 6.72. The van der Waals surface area contributed by atoms with Gasteiger partial charge in [-0.1, -0.05) is 19.8 Å². The van der Waals surface area contributed by atoms with Crippen LogP contribution >= 0.6 is 0 Å². The predicted molar refractivity (Wildman–Crippen MR) is 79.0 cm³/mol. The van der Waals surface area contributed by atoms with E-state index in [0.717, 1.165) is 44.9 Å². The van der Waals surface area contributed by atoms with E-state index in [-0.39, 0.29) is 5.41 Å². The van der Waals surface area contributed by atoms with Crippen molar-refractivity contribution in [1.82, 2.24) is 10.2 Å². The number of piperidine rings is 1. The molecule has 2 fully saturated rings. The summed E-state index contributed by atoms with van der Waals surface area (Å²) in [5.41, 5.74) is -0.150. The van der Waals surface area contributed by atoms with Crippen LogP contribution in [0, 0.1) is 11.3 Å². The molecular formula is C16H30N2O. The fraction of sp³-hybridized carbons (Fsp3) is 0.938. The lowest BCUT2D eigenvalue weighted by atomic mass is 9.81. The van der Waals surface area contributed by atoms with Gasteiger partial charge in [-0.05, 0) is 51.5 Å². The van der Waals surface area contributed by atoms with Crippen molar-refractivity contribution >= 4 is 5.91 Å². The molecule has 0 aliphatic carbocycles. The Bertz CT molecular complexity index is 297. The van der Waals surface area contributed by atoms with Crippen LogP contribution in [0.5, 0.6) is 0 Å². The second kappa shape index (κ2) is 6.74. The lowest BCUT2D eigenvalue weighted by Crippen LogP contribution is -2.50. The molecule has 2 atom stereocenters. The number of likely N-dealkylation sites (tertiary alicyclic amines) is 1. The maximum Gasteiger partial charge on any atom is 0.229 e. The Morgan fingerprint density at radius 2 is 2.16 bits per heavy atom. The maximum absolute atomic E-state index is 12.8. The molecule has 0 radical (unpaired) electrons. The molecule has 0 aromatic carbocycles. The first-order chi connectivity index (χ1) is 9.15. The monoisotopic (exact) mass is 266 g/mol. The fourth-order valence-electron chi connectivity index (χ4n) is 3.69. The van der Waals surface area contributed by atoms with E-state index < -0.39 is 0 Å². The standard InChI is InChI=1S/C16H30N2O/c1-3-6-14-7-4-11-18(12-8-14)15(19)16(2)9-5-10-17-13-16/h14,17H,3-13H2,1-2H3. The van der Waals surface area contributed by atoms with Gasteiger partial charge >= 0.3 is 0 Å². The fourth-order valence-corrected chi connectivity index (χ4v) is 3.69. The summed E-state index contributed by atoms with van der Waals surface area (Å²) < 4.78 is 0. The van der Waals surface area contributed by atoms with Crippen molar-refractivity contribution < 1.29 is 4.79 Å². The maximum atomic E-state index is 12.8. The van der Waals surface area contributed by atoms with Crippen LogP contribution < -0.4 is 5.32 Å². The molecule has 2 aliphatic rings. The molecule has 0 bridgehead atoms. The van der Waals surface area contributed by atoms with E-state index in [1.54, 1.807) is 0 Å². The molecule has 3 nitrogen and oxygen atoms in total. The topological polar surface area (TPSA) is 32.3 Å². The molecule has 0 aromatic rings. The molecule has 0 aromatic heterocycles. The quantitative estimate of drug-likeness (QED) is 0.852. The van der Waals surface area contributed by atoms with E-state index in [1.165, 1.54) is 32.1 Å². The first-order valence-corrected chi connectivity index (χ1v) is 8.16. The van der Waals surface area contributed by atoms with Gasteiger partial charge in [-0.25, -0.2) is 0 Å². The molecule has 1 amide bonds. The van der Waals surface area contributed by atoms with Gasteiger partial charge < -0.3 is 10.2 Å². The molecule has 19 heavy (non-hydrogen) atoms. The Labute approximate surface area is 118 Å². The van der Waals surface area contributed by atoms with Crippen molar-refractivity contribution in [3.63, 3.8) is 0 Å². The average Bonchev–Trinajstić information content (AvgIpc) is 2.65. The van der Waals surface area contributed by atoms with Gasteiger partial charge in [-0.2, -0.15) is 0 Å². The number of carbonyl (C=O) groups is 1. The van der Waals surface area contributed by atoms with Crippen LogP contribution in [-0.4, -0.2) is 37.0 Å². The first-order valence-electron chi connectivity index (χ1n) is 8.16. The summed E-state index contributed by atoms with van der Waals surface area (Å²) >= 11 is 0. The summed E-state index contributed by atoms with van der Waals surface area (Å²) in [6.45, 7) is 8.31. The van der Waals surface area contributed by atoms with Crippen molar-refractivity contribution in [3.05, 3.63) is 0 Å². The van der Waals surface area contributed by atoms with Crippen molar-refractivity contribution in [2.24, 2.45) is 11.3 Å². The Kier molecular flexibility index (Phi) is 5.26. The number of rotatable bonds is 3. The first kappa shape index (κ1) is 14.8. The molecule has 2 saturated heterocycles. The highest BCUT2D eigenvalue weighted by Gasteiger charge is 2.38. The van der Waals surface area contributed by atoms with Gasteiger partial charge in [0.2, 0.25) is 5.91 Å². The Morgan fingerprint density at radius 1 is 1.32 bits per heavy atom. The van der Waals surface area contributed by atoms with Crippen LogP contribution in [0.3, 0.4) is 0 Å². The highest BCUT2D eigenvalue weighted by Crippen LogP contribution is 2.30. The van der Waals surface area contributed by atoms with Crippen LogP contribution in [0.4, 0.5) is 0 Å². The van der Waals surface area contributed by atoms with Crippen molar-refractivity contribution in [2.45, 2.75) is 58.8 Å². The van der Waals surface area contributed by atoms with E-state index >= 15 is 0 Å². The molecule has 1 N–H and O–H groups in total. The summed E-state index contributed by atoms with van der Waals surface area (Å²) in [6, 6.07) is 0. The van der Waals surface area contributed by atoms with E-state index in [0.29, 0.717) is 5.91 Å². The highest BCUT2D eigenvalue weighted by molar-refractivity contribution is 5.82. The summed E-state index contributed by atoms with van der Waals surface area (Å²) in [4.78, 5) is 14.9. The molecule has 3 heteroatoms. The number of hydrogen-bond donors (Lipinski definition) is 1. The van der Waals surface area contributed by atoms with Gasteiger partial charge in [-0.3, -0.25) is 4.79 Å². The molecule has 0 saturated carbocycles. The van der Waals surface area contributed by atoms with E-state index in [4.69, 9.17) is 0 Å². The summed E-state index contributed by atoms with van der Waals surface area (Å²) in [5.74, 6) is 1.25. The van der Waals surface area contributed by atoms with Gasteiger partial charge in [0.05, 0.1) is 5.41 Å². The van der Waals surface area contributed by atoms with Gasteiger partial charge in [0.15, 0.2) is 0 Å². The predicted octanol–water partition coefficient (Wildman–Crippen LogP) is 2.80. The molecule has 2 heterocycles. The minimum atomic E-state index is -0.150. The van der Waals surface area contributed by atoms with Crippen molar-refractivity contribution in [2.75, 3.05) is 26.2 Å². The Balaban J connectivity index is 1.92. The Hall–Kier alpha value is -0.570. The zero-order valence-corrected chi connectivity index (χ0v) is 12.7. The third-order valence-electron chi connectivity index (χ3n) is 4.95. The number of hydrogen-bond acceptors (Lipinski definition) is 2. The van der Waals surface area contributed by atoms with E-state index in [1.807, 2.05) is 0 Å². The van der Waals surface area contributed by atoms with Crippen LogP contribution in [0.15, 0.2) is 0 Å². The number of nitrogens with one attached hydrogen (secondary N) is 1. The SMILES string of the molecule is CCCC1CCCN(C(=O)C2(C)CCCNC2)CC1. The zero-order valence-electron chi connectivity index (χ0n) is 12.7. The second-order valence-electron chi connectivity index (χ2n) is 6.72. The highest BCUT2D eigenvalue weighted by atomic mass is 16.2. The number of amides is 1. The number of nitrogens with zero attached hydrogens (tertiary/aromatic N) is 1. The van der Waals surface area contributed by atoms with Crippen LogP contribution in [-0.2, 0) is 4.79 Å². The largest absolute Gasteiger partial charge is 0.342 e. The zero-order chi connectivity index (χ0) is 13.7. The van der Waals surface area contributed by atoms with Crippen molar-refractivity contribution in [3.8, 4) is 0 Å². The van der Waals surface area contributed by atoms with Crippen molar-refractivity contribution in [1.29, 1.82) is 0 Å². The molecule has 2 rings (SSSR count). The van der Waals surface area contributed by atoms with Gasteiger partial charge in [0.1, 0.15) is 0 Å². The van der Waals surface area contributed by atoms with Crippen LogP contribution in [0.2, 0.25) is 0 Å². The summed E-state index contributed by atoms with van der Waals surface area (Å²) in [5, 5.41) is 3.39. The molecule has 110 valence electrons. The third-order valence-corrected chi connectivity index (χ3v) is 4.95. The molecular weight excluding hydrogens is 236 g/mol.